The van der Waals surface area contributed by atoms with Crippen LogP contribution >= 0.6 is 11.8 Å². The molecule has 3 aliphatic rings. The lowest BCUT2D eigenvalue weighted by Gasteiger charge is -2.50. The normalized spacial score (nSPS) is 45.7. The number of hydrogen-bond donors (Lipinski definition) is 1. The van der Waals surface area contributed by atoms with Crippen molar-refractivity contribution < 1.29 is 0 Å². The Morgan fingerprint density at radius 1 is 1.41 bits per heavy atom. The van der Waals surface area contributed by atoms with Gasteiger partial charge in [0, 0.05) is 30.4 Å². The van der Waals surface area contributed by atoms with Crippen molar-refractivity contribution in [2.75, 3.05) is 44.7 Å². The van der Waals surface area contributed by atoms with Gasteiger partial charge in [-0.3, -0.25) is 4.90 Å². The van der Waals surface area contributed by atoms with Crippen molar-refractivity contribution in [1.82, 2.24) is 9.80 Å². The first-order valence-electron chi connectivity index (χ1n) is 6.99. The summed E-state index contributed by atoms with van der Waals surface area (Å²) in [6.07, 6.45) is 4.01. The maximum absolute atomic E-state index is 6.22. The number of likely N-dealkylation sites (N-methyl/N-ethyl adjacent to an activating group) is 1. The second kappa shape index (κ2) is 4.72. The second-order valence-corrected chi connectivity index (χ2v) is 7.12. The van der Waals surface area contributed by atoms with Crippen molar-refractivity contribution in [3.05, 3.63) is 0 Å². The van der Waals surface area contributed by atoms with Gasteiger partial charge in [0.15, 0.2) is 0 Å². The number of thioether (sulfide) groups is 1. The fraction of sp³-hybridized carbons (Fsp3) is 1.00. The Morgan fingerprint density at radius 3 is 3.00 bits per heavy atom. The third-order valence-corrected chi connectivity index (χ3v) is 6.55. The van der Waals surface area contributed by atoms with Crippen LogP contribution in [0.15, 0.2) is 0 Å². The van der Waals surface area contributed by atoms with Crippen molar-refractivity contribution in [2.45, 2.75) is 30.8 Å². The van der Waals surface area contributed by atoms with E-state index in [0.717, 1.165) is 18.5 Å². The first kappa shape index (κ1) is 12.3. The van der Waals surface area contributed by atoms with Gasteiger partial charge in [-0.2, -0.15) is 11.8 Å². The summed E-state index contributed by atoms with van der Waals surface area (Å²) in [6, 6.07) is 0.774. The number of nitrogens with zero attached hydrogens (tertiary/aromatic N) is 2. The van der Waals surface area contributed by atoms with E-state index in [9.17, 15) is 0 Å². The summed E-state index contributed by atoms with van der Waals surface area (Å²) in [5.41, 5.74) is 6.53. The summed E-state index contributed by atoms with van der Waals surface area (Å²) in [6.45, 7) is 4.71. The fourth-order valence-corrected chi connectivity index (χ4v) is 5.37. The molecule has 0 saturated carbocycles. The van der Waals surface area contributed by atoms with Gasteiger partial charge in [0.2, 0.25) is 0 Å². The maximum atomic E-state index is 6.22. The molecule has 0 amide bonds. The highest BCUT2D eigenvalue weighted by Gasteiger charge is 2.49. The summed E-state index contributed by atoms with van der Waals surface area (Å²) >= 11 is 2.11. The smallest absolute Gasteiger partial charge is 0.0384 e. The Bertz CT molecular complexity index is 280. The van der Waals surface area contributed by atoms with Crippen LogP contribution in [0.25, 0.3) is 0 Å². The molecular weight excluding hydrogens is 230 g/mol. The molecule has 98 valence electrons. The second-order valence-electron chi connectivity index (χ2n) is 5.97. The summed E-state index contributed by atoms with van der Waals surface area (Å²) in [5.74, 6) is 3.47. The largest absolute Gasteiger partial charge is 0.329 e. The Kier molecular flexibility index (Phi) is 3.41. The zero-order chi connectivity index (χ0) is 11.9. The fourth-order valence-electron chi connectivity index (χ4n) is 4.10. The molecule has 0 aliphatic carbocycles. The third-order valence-electron chi connectivity index (χ3n) is 5.40. The van der Waals surface area contributed by atoms with Crippen LogP contribution in [0.5, 0.6) is 0 Å². The first-order valence-corrected chi connectivity index (χ1v) is 8.15. The van der Waals surface area contributed by atoms with Crippen LogP contribution in [-0.4, -0.2) is 66.1 Å². The average molecular weight is 255 g/mol. The predicted octanol–water partition coefficient (Wildman–Crippen LogP) is 0.847. The minimum absolute atomic E-state index is 0.308. The zero-order valence-electron chi connectivity index (χ0n) is 10.9. The van der Waals surface area contributed by atoms with Gasteiger partial charge in [-0.25, -0.2) is 0 Å². The molecule has 3 saturated heterocycles. The van der Waals surface area contributed by atoms with Gasteiger partial charge in [-0.15, -0.1) is 0 Å². The number of fused-ring (bicyclic) bond motifs is 2. The van der Waals surface area contributed by atoms with E-state index < -0.39 is 0 Å². The van der Waals surface area contributed by atoms with E-state index in [-0.39, 0.29) is 0 Å². The Labute approximate surface area is 109 Å². The number of piperidine rings is 1. The predicted molar refractivity (Wildman–Crippen MR) is 74.4 cm³/mol. The van der Waals surface area contributed by atoms with Gasteiger partial charge in [0.25, 0.3) is 0 Å². The molecule has 3 heterocycles. The van der Waals surface area contributed by atoms with E-state index in [1.54, 1.807) is 0 Å². The van der Waals surface area contributed by atoms with Crippen LogP contribution in [0.4, 0.5) is 0 Å². The summed E-state index contributed by atoms with van der Waals surface area (Å²) in [4.78, 5) is 5.30. The maximum Gasteiger partial charge on any atom is 0.0384 e. The number of rotatable bonds is 3. The topological polar surface area (TPSA) is 32.5 Å². The summed E-state index contributed by atoms with van der Waals surface area (Å²) in [5, 5.41) is 0. The number of nitrogens with two attached hydrogens (primary N) is 1. The molecule has 2 N–H and O–H groups in total. The van der Waals surface area contributed by atoms with Crippen molar-refractivity contribution in [3.8, 4) is 0 Å². The molecule has 2 bridgehead atoms. The molecule has 0 spiro atoms. The van der Waals surface area contributed by atoms with Crippen LogP contribution in [0, 0.1) is 5.92 Å². The van der Waals surface area contributed by atoms with Gasteiger partial charge in [0.05, 0.1) is 0 Å². The third kappa shape index (κ3) is 1.93. The molecule has 3 rings (SSSR count). The van der Waals surface area contributed by atoms with Crippen molar-refractivity contribution >= 4 is 11.8 Å². The molecule has 3 aliphatic heterocycles. The molecule has 4 heteroatoms. The van der Waals surface area contributed by atoms with Gasteiger partial charge in [-0.1, -0.05) is 0 Å². The van der Waals surface area contributed by atoms with E-state index in [4.69, 9.17) is 5.73 Å². The van der Waals surface area contributed by atoms with Crippen molar-refractivity contribution in [2.24, 2.45) is 11.7 Å². The van der Waals surface area contributed by atoms with E-state index >= 15 is 0 Å². The molecule has 4 atom stereocenters. The average Bonchev–Trinajstić information content (AvgIpc) is 3.00. The summed E-state index contributed by atoms with van der Waals surface area (Å²) in [7, 11) is 2.34. The lowest BCUT2D eigenvalue weighted by Crippen LogP contribution is -2.63. The highest BCUT2D eigenvalue weighted by molar-refractivity contribution is 7.99. The summed E-state index contributed by atoms with van der Waals surface area (Å²) < 4.78 is 0. The van der Waals surface area contributed by atoms with Crippen molar-refractivity contribution in [3.63, 3.8) is 0 Å². The minimum atomic E-state index is 0.308. The molecular formula is C13H25N3S. The molecule has 0 aromatic rings. The minimum Gasteiger partial charge on any atom is -0.329 e. The van der Waals surface area contributed by atoms with E-state index in [1.165, 1.54) is 50.4 Å². The highest BCUT2D eigenvalue weighted by atomic mass is 32.2. The molecule has 0 aromatic carbocycles. The first-order chi connectivity index (χ1) is 8.26. The molecule has 0 aromatic heterocycles. The van der Waals surface area contributed by atoms with Gasteiger partial charge >= 0.3 is 0 Å². The molecule has 0 radical (unpaired) electrons. The Balaban J connectivity index is 1.80. The van der Waals surface area contributed by atoms with Gasteiger partial charge < -0.3 is 10.6 Å². The van der Waals surface area contributed by atoms with Gasteiger partial charge in [-0.05, 0) is 51.1 Å². The standard InChI is InChI=1S/C13H25N3S/c1-15(12-3-7-17-9-12)13(10-14)4-6-16-5-2-11(13)8-16/h11-12H,2-10,14H2,1H3. The Hall–Kier alpha value is 0.230. The Morgan fingerprint density at radius 2 is 2.29 bits per heavy atom. The highest BCUT2D eigenvalue weighted by Crippen LogP contribution is 2.41. The van der Waals surface area contributed by atoms with Crippen LogP contribution in [0.3, 0.4) is 0 Å². The quantitative estimate of drug-likeness (QED) is 0.810. The van der Waals surface area contributed by atoms with Crippen LogP contribution < -0.4 is 5.73 Å². The lowest BCUT2D eigenvalue weighted by molar-refractivity contribution is 0.00420. The molecule has 3 nitrogen and oxygen atoms in total. The van der Waals surface area contributed by atoms with Crippen molar-refractivity contribution in [1.29, 1.82) is 0 Å². The number of hydrogen-bond acceptors (Lipinski definition) is 4. The lowest BCUT2D eigenvalue weighted by atomic mass is 9.76. The molecule has 17 heavy (non-hydrogen) atoms. The SMILES string of the molecule is CN(C1CCSC1)C1(CN)CCN2CCC1C2. The molecule has 4 unspecified atom stereocenters. The van der Waals surface area contributed by atoms with Gasteiger partial charge in [0.1, 0.15) is 0 Å². The van der Waals surface area contributed by atoms with E-state index in [1.807, 2.05) is 0 Å². The monoisotopic (exact) mass is 255 g/mol. The van der Waals surface area contributed by atoms with E-state index in [0.29, 0.717) is 5.54 Å². The zero-order valence-corrected chi connectivity index (χ0v) is 11.7. The van der Waals surface area contributed by atoms with Crippen LogP contribution in [-0.2, 0) is 0 Å². The van der Waals surface area contributed by atoms with Crippen LogP contribution in [0.2, 0.25) is 0 Å². The molecule has 3 fully saturated rings. The van der Waals surface area contributed by atoms with Crippen LogP contribution in [0.1, 0.15) is 19.3 Å². The van der Waals surface area contributed by atoms with E-state index in [2.05, 4.69) is 28.6 Å².